The van der Waals surface area contributed by atoms with Gasteiger partial charge in [0.15, 0.2) is 5.78 Å². The lowest BCUT2D eigenvalue weighted by Gasteiger charge is -2.13. The van der Waals surface area contributed by atoms with Crippen LogP contribution in [0.25, 0.3) is 0 Å². The summed E-state index contributed by atoms with van der Waals surface area (Å²) >= 11 is 10.9. The van der Waals surface area contributed by atoms with Gasteiger partial charge in [0.05, 0.1) is 16.5 Å². The maximum Gasteiger partial charge on any atom is 0.417 e. The Kier molecular flexibility index (Phi) is 3.86. The minimum absolute atomic E-state index is 0.161. The zero-order valence-corrected chi connectivity index (χ0v) is 9.67. The van der Waals surface area contributed by atoms with Crippen molar-refractivity contribution < 1.29 is 18.0 Å². The number of ketones is 1. The van der Waals surface area contributed by atoms with Crippen molar-refractivity contribution in [1.29, 1.82) is 0 Å². The monoisotopic (exact) mass is 270 g/mol. The summed E-state index contributed by atoms with van der Waals surface area (Å²) < 4.78 is 37.5. The lowest BCUT2D eigenvalue weighted by Crippen LogP contribution is -2.11. The van der Waals surface area contributed by atoms with Crippen LogP contribution in [0.4, 0.5) is 13.2 Å². The van der Waals surface area contributed by atoms with Crippen LogP contribution in [0.15, 0.2) is 12.1 Å². The van der Waals surface area contributed by atoms with Gasteiger partial charge in [0.1, 0.15) is 0 Å². The quantitative estimate of drug-likeness (QED) is 0.585. The second kappa shape index (κ2) is 4.63. The molecule has 6 heteroatoms. The lowest BCUT2D eigenvalue weighted by molar-refractivity contribution is -0.137. The summed E-state index contributed by atoms with van der Waals surface area (Å²) in [6.45, 7) is 1.51. The molecule has 1 aromatic carbocycles. The van der Waals surface area contributed by atoms with Crippen molar-refractivity contribution in [3.8, 4) is 0 Å². The molecule has 0 atom stereocenters. The van der Waals surface area contributed by atoms with Gasteiger partial charge in [0, 0.05) is 5.56 Å². The van der Waals surface area contributed by atoms with Crippen LogP contribution in [0.5, 0.6) is 0 Å². The largest absolute Gasteiger partial charge is 0.417 e. The summed E-state index contributed by atoms with van der Waals surface area (Å²) in [4.78, 5) is 11.4. The van der Waals surface area contributed by atoms with Gasteiger partial charge < -0.3 is 0 Å². The Morgan fingerprint density at radius 3 is 2.38 bits per heavy atom. The molecule has 0 saturated heterocycles. The van der Waals surface area contributed by atoms with E-state index in [-0.39, 0.29) is 5.56 Å². The fourth-order valence-corrected chi connectivity index (χ4v) is 1.86. The second-order valence-corrected chi connectivity index (χ2v) is 3.82. The maximum absolute atomic E-state index is 12.5. The number of benzene rings is 1. The van der Waals surface area contributed by atoms with Crippen molar-refractivity contribution in [2.75, 3.05) is 5.88 Å². The highest BCUT2D eigenvalue weighted by Crippen LogP contribution is 2.37. The zero-order valence-electron chi connectivity index (χ0n) is 8.16. The molecule has 1 rings (SSSR count). The summed E-state index contributed by atoms with van der Waals surface area (Å²) in [5, 5.41) is -0.585. The van der Waals surface area contributed by atoms with E-state index in [0.717, 1.165) is 6.07 Å². The van der Waals surface area contributed by atoms with E-state index in [1.807, 2.05) is 0 Å². The third-order valence-corrected chi connectivity index (χ3v) is 2.69. The van der Waals surface area contributed by atoms with Gasteiger partial charge in [-0.1, -0.05) is 17.7 Å². The van der Waals surface area contributed by atoms with Gasteiger partial charge in [-0.2, -0.15) is 13.2 Å². The maximum atomic E-state index is 12.5. The molecule has 0 fully saturated rings. The number of hydrogen-bond donors (Lipinski definition) is 0. The second-order valence-electron chi connectivity index (χ2n) is 3.17. The van der Waals surface area contributed by atoms with Crippen LogP contribution in [-0.4, -0.2) is 11.7 Å². The van der Waals surface area contributed by atoms with Gasteiger partial charge in [0.25, 0.3) is 0 Å². The van der Waals surface area contributed by atoms with E-state index in [0.29, 0.717) is 5.56 Å². The van der Waals surface area contributed by atoms with Crippen LogP contribution in [0.3, 0.4) is 0 Å². The molecule has 0 bridgehead atoms. The molecule has 0 N–H and O–H groups in total. The molecule has 0 unspecified atom stereocenters. The number of halogens is 5. The predicted molar refractivity (Wildman–Crippen MR) is 56.2 cm³/mol. The fourth-order valence-electron chi connectivity index (χ4n) is 1.30. The van der Waals surface area contributed by atoms with E-state index in [2.05, 4.69) is 0 Å². The van der Waals surface area contributed by atoms with E-state index in [1.54, 1.807) is 0 Å². The summed E-state index contributed by atoms with van der Waals surface area (Å²) in [5.74, 6) is -1.02. The first-order valence-electron chi connectivity index (χ1n) is 4.24. The van der Waals surface area contributed by atoms with Gasteiger partial charge in [-0.15, -0.1) is 11.6 Å². The first kappa shape index (κ1) is 13.3. The molecule has 0 aliphatic heterocycles. The van der Waals surface area contributed by atoms with E-state index in [1.165, 1.54) is 13.0 Å². The molecule has 1 nitrogen and oxygen atoms in total. The first-order chi connectivity index (χ1) is 7.29. The Balaban J connectivity index is 3.45. The van der Waals surface area contributed by atoms with Crippen molar-refractivity contribution >= 4 is 29.0 Å². The number of carbonyl (C=O) groups is 1. The molecule has 88 valence electrons. The SMILES string of the molecule is Cc1ccc(C(F)(F)F)c(Cl)c1C(=O)CCl. The lowest BCUT2D eigenvalue weighted by atomic mass is 10.0. The van der Waals surface area contributed by atoms with Crippen LogP contribution in [0, 0.1) is 6.92 Å². The van der Waals surface area contributed by atoms with E-state index >= 15 is 0 Å². The molecule has 16 heavy (non-hydrogen) atoms. The molecule has 0 aliphatic rings. The fraction of sp³-hybridized carbons (Fsp3) is 0.300. The molecule has 0 heterocycles. The highest BCUT2D eigenvalue weighted by Gasteiger charge is 2.35. The first-order valence-corrected chi connectivity index (χ1v) is 5.15. The van der Waals surface area contributed by atoms with Crippen LogP contribution in [0.2, 0.25) is 5.02 Å². The highest BCUT2D eigenvalue weighted by atomic mass is 35.5. The number of hydrogen-bond acceptors (Lipinski definition) is 1. The Hall–Kier alpha value is -0.740. The molecular weight excluding hydrogens is 264 g/mol. The van der Waals surface area contributed by atoms with Gasteiger partial charge >= 0.3 is 6.18 Å². The predicted octanol–water partition coefficient (Wildman–Crippen LogP) is 4.09. The van der Waals surface area contributed by atoms with Gasteiger partial charge in [-0.05, 0) is 18.6 Å². The molecule has 0 aliphatic carbocycles. The minimum Gasteiger partial charge on any atom is -0.293 e. The standard InChI is InChI=1S/C10H7Cl2F3O/c1-5-2-3-6(10(13,14)15)9(12)8(5)7(16)4-11/h2-3H,4H2,1H3. The topological polar surface area (TPSA) is 17.1 Å². The molecular formula is C10H7Cl2F3O. The third kappa shape index (κ3) is 2.50. The molecule has 0 spiro atoms. The number of alkyl halides is 4. The van der Waals surface area contributed by atoms with Crippen molar-refractivity contribution in [2.24, 2.45) is 0 Å². The van der Waals surface area contributed by atoms with Crippen LogP contribution < -0.4 is 0 Å². The normalized spacial score (nSPS) is 11.6. The van der Waals surface area contributed by atoms with Crippen LogP contribution in [0.1, 0.15) is 21.5 Å². The number of Topliss-reactive ketones (excluding diaryl/α,β-unsaturated/α-hetero) is 1. The van der Waals surface area contributed by atoms with Crippen LogP contribution in [-0.2, 0) is 6.18 Å². The zero-order chi connectivity index (χ0) is 12.5. The average molecular weight is 271 g/mol. The molecule has 0 aromatic heterocycles. The Bertz CT molecular complexity index is 427. The minimum atomic E-state index is -4.58. The number of aryl methyl sites for hydroxylation is 1. The van der Waals surface area contributed by atoms with Gasteiger partial charge in [-0.3, -0.25) is 4.79 Å². The summed E-state index contributed by atoms with van der Waals surface area (Å²) in [6, 6.07) is 2.05. The van der Waals surface area contributed by atoms with Crippen molar-refractivity contribution in [1.82, 2.24) is 0 Å². The molecule has 0 saturated carbocycles. The Morgan fingerprint density at radius 2 is 1.94 bits per heavy atom. The summed E-state index contributed by atoms with van der Waals surface area (Å²) in [6.07, 6.45) is -4.58. The van der Waals surface area contributed by atoms with Crippen molar-refractivity contribution in [2.45, 2.75) is 13.1 Å². The Labute approximate surface area is 100 Å². The summed E-state index contributed by atoms with van der Waals surface area (Å²) in [5.41, 5.74) is -0.802. The van der Waals surface area contributed by atoms with Crippen LogP contribution >= 0.6 is 23.2 Å². The third-order valence-electron chi connectivity index (χ3n) is 2.06. The summed E-state index contributed by atoms with van der Waals surface area (Å²) in [7, 11) is 0. The molecule has 0 radical (unpaired) electrons. The molecule has 1 aromatic rings. The van der Waals surface area contributed by atoms with E-state index in [4.69, 9.17) is 23.2 Å². The molecule has 0 amide bonds. The van der Waals surface area contributed by atoms with Gasteiger partial charge in [0.2, 0.25) is 0 Å². The van der Waals surface area contributed by atoms with Gasteiger partial charge in [-0.25, -0.2) is 0 Å². The van der Waals surface area contributed by atoms with E-state index in [9.17, 15) is 18.0 Å². The van der Waals surface area contributed by atoms with Crippen molar-refractivity contribution in [3.05, 3.63) is 33.8 Å². The van der Waals surface area contributed by atoms with Crippen molar-refractivity contribution in [3.63, 3.8) is 0 Å². The number of rotatable bonds is 2. The van der Waals surface area contributed by atoms with E-state index < -0.39 is 28.4 Å². The number of carbonyl (C=O) groups excluding carboxylic acids is 1. The average Bonchev–Trinajstić information content (AvgIpc) is 2.15. The smallest absolute Gasteiger partial charge is 0.293 e. The Morgan fingerprint density at radius 1 is 1.38 bits per heavy atom. The highest BCUT2D eigenvalue weighted by molar-refractivity contribution is 6.38.